The molecule has 1 N–H and O–H groups in total. The van der Waals surface area contributed by atoms with Crippen LogP contribution in [-0.2, 0) is 23.6 Å². The second kappa shape index (κ2) is 6.27. The molecule has 0 amide bonds. The van der Waals surface area contributed by atoms with Crippen LogP contribution in [-0.4, -0.2) is 28.2 Å². The number of nitrogens with one attached hydrogen (secondary N) is 1. The average molecular weight is 329 g/mol. The summed E-state index contributed by atoms with van der Waals surface area (Å²) in [6.45, 7) is 0.174. The number of hydrogen-bond donors (Lipinski definition) is 1. The zero-order valence-electron chi connectivity index (χ0n) is 12.4. The number of rotatable bonds is 5. The molecule has 0 fully saturated rings. The van der Waals surface area contributed by atoms with Crippen molar-refractivity contribution in [3.63, 3.8) is 0 Å². The predicted molar refractivity (Wildman–Crippen MR) is 84.7 cm³/mol. The topological polar surface area (TPSA) is 89.8 Å². The quantitative estimate of drug-likeness (QED) is 0.763. The Morgan fingerprint density at radius 2 is 2.09 bits per heavy atom. The molecule has 23 heavy (non-hydrogen) atoms. The van der Waals surface area contributed by atoms with Gasteiger partial charge in [0.15, 0.2) is 0 Å². The van der Waals surface area contributed by atoms with Crippen molar-refractivity contribution >= 4 is 10.0 Å². The molecule has 0 saturated carbocycles. The molecule has 0 aliphatic rings. The second-order valence-electron chi connectivity index (χ2n) is 4.97. The highest BCUT2D eigenvalue weighted by Crippen LogP contribution is 2.16. The lowest BCUT2D eigenvalue weighted by Gasteiger charge is -2.06. The predicted octanol–water partition coefficient (Wildman–Crippen LogP) is 1.36. The summed E-state index contributed by atoms with van der Waals surface area (Å²) in [5.41, 5.74) is 2.44. The molecule has 0 saturated heterocycles. The van der Waals surface area contributed by atoms with Gasteiger partial charge < -0.3 is 0 Å². The van der Waals surface area contributed by atoms with Crippen molar-refractivity contribution in [2.45, 2.75) is 11.4 Å². The summed E-state index contributed by atoms with van der Waals surface area (Å²) >= 11 is 0. The van der Waals surface area contributed by atoms with Crippen molar-refractivity contribution in [3.05, 3.63) is 60.8 Å². The van der Waals surface area contributed by atoms with Gasteiger partial charge in [0.05, 0.1) is 11.9 Å². The second-order valence-corrected chi connectivity index (χ2v) is 6.73. The fourth-order valence-electron chi connectivity index (χ4n) is 2.06. The maximum absolute atomic E-state index is 12.2. The summed E-state index contributed by atoms with van der Waals surface area (Å²) in [6.07, 6.45) is 7.82. The van der Waals surface area contributed by atoms with E-state index in [9.17, 15) is 8.42 Å². The number of sulfonamides is 1. The van der Waals surface area contributed by atoms with E-state index in [1.807, 2.05) is 18.2 Å². The van der Waals surface area contributed by atoms with Crippen LogP contribution in [0.1, 0.15) is 5.56 Å². The molecule has 0 aliphatic carbocycles. The van der Waals surface area contributed by atoms with Crippen molar-refractivity contribution in [2.75, 3.05) is 0 Å². The summed E-state index contributed by atoms with van der Waals surface area (Å²) < 4.78 is 28.4. The van der Waals surface area contributed by atoms with Gasteiger partial charge in [-0.05, 0) is 29.8 Å². The van der Waals surface area contributed by atoms with Crippen molar-refractivity contribution in [1.29, 1.82) is 0 Å². The Hall–Kier alpha value is -2.58. The van der Waals surface area contributed by atoms with Crippen LogP contribution in [0.4, 0.5) is 0 Å². The van der Waals surface area contributed by atoms with E-state index in [1.54, 1.807) is 31.7 Å². The Kier molecular flexibility index (Phi) is 4.18. The van der Waals surface area contributed by atoms with E-state index in [-0.39, 0.29) is 11.4 Å². The molecule has 0 aromatic carbocycles. The third-order valence-electron chi connectivity index (χ3n) is 3.24. The monoisotopic (exact) mass is 329 g/mol. The van der Waals surface area contributed by atoms with Crippen LogP contribution in [0.3, 0.4) is 0 Å². The first-order valence-corrected chi connectivity index (χ1v) is 8.36. The van der Waals surface area contributed by atoms with E-state index in [4.69, 9.17) is 0 Å². The molecule has 3 rings (SSSR count). The normalized spacial score (nSPS) is 11.5. The number of pyridine rings is 2. The number of aromatic nitrogens is 4. The molecule has 0 bridgehead atoms. The van der Waals surface area contributed by atoms with Gasteiger partial charge in [-0.2, -0.15) is 5.10 Å². The maximum atomic E-state index is 12.2. The molecule has 3 aromatic rings. The van der Waals surface area contributed by atoms with Gasteiger partial charge in [-0.1, -0.05) is 0 Å². The van der Waals surface area contributed by atoms with E-state index in [2.05, 4.69) is 19.8 Å². The molecular weight excluding hydrogens is 314 g/mol. The van der Waals surface area contributed by atoms with Crippen molar-refractivity contribution in [1.82, 2.24) is 24.5 Å². The largest absolute Gasteiger partial charge is 0.274 e. The zero-order chi connectivity index (χ0) is 16.3. The highest BCUT2D eigenvalue weighted by molar-refractivity contribution is 7.89. The summed E-state index contributed by atoms with van der Waals surface area (Å²) in [6, 6.07) is 7.34. The Morgan fingerprint density at radius 3 is 2.78 bits per heavy atom. The van der Waals surface area contributed by atoms with Crippen LogP contribution in [0.15, 0.2) is 60.1 Å². The fraction of sp³-hybridized carbons (Fsp3) is 0.133. The SMILES string of the molecule is Cn1cc(S(=O)(=O)NCc2ccnc(-c3cccnc3)c2)cn1. The maximum Gasteiger partial charge on any atom is 0.243 e. The molecule has 0 unspecified atom stereocenters. The van der Waals surface area contributed by atoms with Crippen LogP contribution in [0, 0.1) is 0 Å². The van der Waals surface area contributed by atoms with Crippen molar-refractivity contribution in [2.24, 2.45) is 7.05 Å². The molecule has 0 radical (unpaired) electrons. The van der Waals surface area contributed by atoms with Crippen molar-refractivity contribution in [3.8, 4) is 11.3 Å². The van der Waals surface area contributed by atoms with Gasteiger partial charge >= 0.3 is 0 Å². The molecule has 7 nitrogen and oxygen atoms in total. The number of nitrogens with zero attached hydrogens (tertiary/aromatic N) is 4. The first kappa shape index (κ1) is 15.3. The lowest BCUT2D eigenvalue weighted by atomic mass is 10.1. The van der Waals surface area contributed by atoms with Crippen LogP contribution < -0.4 is 4.72 Å². The molecule has 3 aromatic heterocycles. The number of aryl methyl sites for hydroxylation is 1. The van der Waals surface area contributed by atoms with Crippen LogP contribution >= 0.6 is 0 Å². The smallest absolute Gasteiger partial charge is 0.243 e. The zero-order valence-corrected chi connectivity index (χ0v) is 13.2. The average Bonchev–Trinajstić information content (AvgIpc) is 3.02. The van der Waals surface area contributed by atoms with Crippen molar-refractivity contribution < 1.29 is 8.42 Å². The molecule has 0 spiro atoms. The van der Waals surface area contributed by atoms with Crippen LogP contribution in [0.2, 0.25) is 0 Å². The van der Waals surface area contributed by atoms with Crippen LogP contribution in [0.5, 0.6) is 0 Å². The number of hydrogen-bond acceptors (Lipinski definition) is 5. The van der Waals surface area contributed by atoms with Gasteiger partial charge in [-0.3, -0.25) is 14.6 Å². The fourth-order valence-corrected chi connectivity index (χ4v) is 3.06. The third-order valence-corrected chi connectivity index (χ3v) is 4.60. The Balaban J connectivity index is 1.76. The first-order chi connectivity index (χ1) is 11.0. The first-order valence-electron chi connectivity index (χ1n) is 6.88. The summed E-state index contributed by atoms with van der Waals surface area (Å²) in [5, 5.41) is 3.87. The molecule has 3 heterocycles. The van der Waals surface area contributed by atoms with E-state index in [1.165, 1.54) is 17.1 Å². The summed E-state index contributed by atoms with van der Waals surface area (Å²) in [4.78, 5) is 8.48. The minimum atomic E-state index is -3.58. The summed E-state index contributed by atoms with van der Waals surface area (Å²) in [5.74, 6) is 0. The molecule has 118 valence electrons. The van der Waals surface area contributed by atoms with Gasteiger partial charge in [0.2, 0.25) is 10.0 Å². The van der Waals surface area contributed by atoms with E-state index < -0.39 is 10.0 Å². The third kappa shape index (κ3) is 3.61. The van der Waals surface area contributed by atoms with E-state index in [0.29, 0.717) is 0 Å². The lowest BCUT2D eigenvalue weighted by molar-refractivity contribution is 0.581. The van der Waals surface area contributed by atoms with E-state index >= 15 is 0 Å². The molecular formula is C15H15N5O2S. The molecule has 0 atom stereocenters. The minimum absolute atomic E-state index is 0.140. The molecule has 0 aliphatic heterocycles. The van der Waals surface area contributed by atoms with Gasteiger partial charge in [0.25, 0.3) is 0 Å². The molecule has 8 heteroatoms. The van der Waals surface area contributed by atoms with Gasteiger partial charge in [-0.25, -0.2) is 13.1 Å². The van der Waals surface area contributed by atoms with Gasteiger partial charge in [-0.15, -0.1) is 0 Å². The summed E-state index contributed by atoms with van der Waals surface area (Å²) in [7, 11) is -1.91. The highest BCUT2D eigenvalue weighted by atomic mass is 32.2. The lowest BCUT2D eigenvalue weighted by Crippen LogP contribution is -2.22. The Labute approximate surface area is 134 Å². The Bertz CT molecular complexity index is 906. The van der Waals surface area contributed by atoms with Crippen LogP contribution in [0.25, 0.3) is 11.3 Å². The highest BCUT2D eigenvalue weighted by Gasteiger charge is 2.15. The minimum Gasteiger partial charge on any atom is -0.274 e. The Morgan fingerprint density at radius 1 is 1.22 bits per heavy atom. The standard InChI is InChI=1S/C15H15N5O2S/c1-20-11-14(10-18-20)23(21,22)19-8-12-4-6-17-15(7-12)13-3-2-5-16-9-13/h2-7,9-11,19H,8H2,1H3. The van der Waals surface area contributed by atoms with Gasteiger partial charge in [0, 0.05) is 43.9 Å². The van der Waals surface area contributed by atoms with E-state index in [0.717, 1.165) is 16.8 Å². The van der Waals surface area contributed by atoms with Gasteiger partial charge in [0.1, 0.15) is 4.90 Å².